The number of nitrogens with zero attached hydrogens (tertiary/aromatic N) is 1. The maximum atomic E-state index is 12.1. The molecule has 0 radical (unpaired) electrons. The first-order valence-electron chi connectivity index (χ1n) is 9.45. The highest BCUT2D eigenvalue weighted by Crippen LogP contribution is 2.28. The Labute approximate surface area is 191 Å². The highest BCUT2D eigenvalue weighted by Gasteiger charge is 2.20. The molecule has 0 aromatic heterocycles. The van der Waals surface area contributed by atoms with Gasteiger partial charge in [0.2, 0.25) is 5.91 Å². The van der Waals surface area contributed by atoms with Gasteiger partial charge in [-0.2, -0.15) is 0 Å². The largest absolute Gasteiger partial charge is 0.490 e. The van der Waals surface area contributed by atoms with Crippen molar-refractivity contribution >= 4 is 52.3 Å². The zero-order chi connectivity index (χ0) is 20.8. The van der Waals surface area contributed by atoms with Gasteiger partial charge in [-0.3, -0.25) is 4.79 Å². The van der Waals surface area contributed by atoms with Gasteiger partial charge < -0.3 is 15.0 Å². The molecule has 156 valence electrons. The van der Waals surface area contributed by atoms with E-state index in [4.69, 9.17) is 51.1 Å². The van der Waals surface area contributed by atoms with Gasteiger partial charge in [0.05, 0.1) is 26.5 Å². The molecule has 0 spiro atoms. The van der Waals surface area contributed by atoms with Gasteiger partial charge in [0.25, 0.3) is 0 Å². The van der Waals surface area contributed by atoms with Crippen molar-refractivity contribution in [3.63, 3.8) is 0 Å². The second-order valence-corrected chi connectivity index (χ2v) is 8.64. The minimum absolute atomic E-state index is 0.0266. The third-order valence-electron chi connectivity index (χ3n) is 4.83. The van der Waals surface area contributed by atoms with Gasteiger partial charge >= 0.3 is 0 Å². The number of amides is 1. The van der Waals surface area contributed by atoms with E-state index < -0.39 is 0 Å². The molecule has 4 nitrogen and oxygen atoms in total. The Morgan fingerprint density at radius 2 is 1.62 bits per heavy atom. The Balaban J connectivity index is 1.34. The number of carbonyl (C=O) groups excluding carboxylic acids is 1. The zero-order valence-electron chi connectivity index (χ0n) is 15.8. The van der Waals surface area contributed by atoms with Crippen LogP contribution in [0.4, 0.5) is 0 Å². The van der Waals surface area contributed by atoms with E-state index >= 15 is 0 Å². The van der Waals surface area contributed by atoms with Gasteiger partial charge in [-0.1, -0.05) is 52.5 Å². The molecule has 2 aromatic rings. The Morgan fingerprint density at radius 3 is 2.28 bits per heavy atom. The van der Waals surface area contributed by atoms with E-state index in [0.717, 1.165) is 43.8 Å². The summed E-state index contributed by atoms with van der Waals surface area (Å²) in [6.45, 7) is 3.27. The van der Waals surface area contributed by atoms with Crippen molar-refractivity contribution in [2.75, 3.05) is 26.2 Å². The number of hydrogen-bond acceptors (Lipinski definition) is 3. The third kappa shape index (κ3) is 6.94. The average molecular weight is 476 g/mol. The summed E-state index contributed by atoms with van der Waals surface area (Å²) < 4.78 is 6.01. The van der Waals surface area contributed by atoms with Crippen LogP contribution >= 0.6 is 46.4 Å². The van der Waals surface area contributed by atoms with Crippen LogP contribution < -0.4 is 10.1 Å². The van der Waals surface area contributed by atoms with E-state index in [1.54, 1.807) is 24.3 Å². The van der Waals surface area contributed by atoms with Crippen molar-refractivity contribution in [1.82, 2.24) is 10.2 Å². The maximum absolute atomic E-state index is 12.1. The molecule has 0 atom stereocenters. The van der Waals surface area contributed by atoms with Crippen LogP contribution in [-0.2, 0) is 11.2 Å². The standard InChI is InChI=1S/C21H22Cl4N2O2/c22-17-3-1-14(11-19(17)24)12-21(28)26-7-10-27-8-5-15(6-9-27)29-16-2-4-18(23)20(25)13-16/h1-4,11,13,15H,5-10,12H2,(H,26,28). The minimum atomic E-state index is -0.0266. The lowest BCUT2D eigenvalue weighted by Gasteiger charge is -2.32. The summed E-state index contributed by atoms with van der Waals surface area (Å²) in [6.07, 6.45) is 2.30. The van der Waals surface area contributed by atoms with Gasteiger partial charge in [-0.15, -0.1) is 0 Å². The first-order valence-corrected chi connectivity index (χ1v) is 11.0. The molecule has 29 heavy (non-hydrogen) atoms. The summed E-state index contributed by atoms with van der Waals surface area (Å²) in [5.74, 6) is 0.716. The van der Waals surface area contributed by atoms with Crippen LogP contribution in [0.3, 0.4) is 0 Å². The molecule has 0 bridgehead atoms. The van der Waals surface area contributed by atoms with Crippen LogP contribution in [0.25, 0.3) is 0 Å². The number of nitrogens with one attached hydrogen (secondary N) is 1. The van der Waals surface area contributed by atoms with Crippen LogP contribution in [0, 0.1) is 0 Å². The van der Waals surface area contributed by atoms with Gasteiger partial charge in [0, 0.05) is 32.2 Å². The van der Waals surface area contributed by atoms with Gasteiger partial charge in [-0.05, 0) is 42.7 Å². The molecule has 0 aliphatic carbocycles. The van der Waals surface area contributed by atoms with Gasteiger partial charge in [0.15, 0.2) is 0 Å². The molecular weight excluding hydrogens is 454 g/mol. The van der Waals surface area contributed by atoms with Crippen molar-refractivity contribution in [2.24, 2.45) is 0 Å². The molecule has 3 rings (SSSR count). The number of piperidine rings is 1. The quantitative estimate of drug-likeness (QED) is 0.574. The number of hydrogen-bond donors (Lipinski definition) is 1. The van der Waals surface area contributed by atoms with Crippen LogP contribution in [0.1, 0.15) is 18.4 Å². The topological polar surface area (TPSA) is 41.6 Å². The fraction of sp³-hybridized carbons (Fsp3) is 0.381. The van der Waals surface area contributed by atoms with Crippen LogP contribution in [-0.4, -0.2) is 43.1 Å². The monoisotopic (exact) mass is 474 g/mol. The Bertz CT molecular complexity index is 855. The fourth-order valence-electron chi connectivity index (χ4n) is 3.24. The average Bonchev–Trinajstić information content (AvgIpc) is 2.69. The smallest absolute Gasteiger partial charge is 0.224 e. The molecule has 1 heterocycles. The first kappa shape index (κ1) is 22.5. The number of ether oxygens (including phenoxy) is 1. The molecule has 2 aromatic carbocycles. The molecule has 0 unspecified atom stereocenters. The molecule has 0 saturated carbocycles. The van der Waals surface area contributed by atoms with Crippen molar-refractivity contribution in [3.8, 4) is 5.75 Å². The van der Waals surface area contributed by atoms with Gasteiger partial charge in [-0.25, -0.2) is 0 Å². The van der Waals surface area contributed by atoms with E-state index in [-0.39, 0.29) is 18.4 Å². The second-order valence-electron chi connectivity index (χ2n) is 7.01. The predicted molar refractivity (Wildman–Crippen MR) is 120 cm³/mol. The molecule has 1 N–H and O–H groups in total. The highest BCUT2D eigenvalue weighted by atomic mass is 35.5. The summed E-state index contributed by atoms with van der Waals surface area (Å²) in [4.78, 5) is 14.4. The molecule has 1 saturated heterocycles. The summed E-state index contributed by atoms with van der Waals surface area (Å²) in [6, 6.07) is 10.6. The van der Waals surface area contributed by atoms with Crippen LogP contribution in [0.2, 0.25) is 20.1 Å². The van der Waals surface area contributed by atoms with Gasteiger partial charge in [0.1, 0.15) is 11.9 Å². The Kier molecular flexibility index (Phi) is 8.34. The lowest BCUT2D eigenvalue weighted by Crippen LogP contribution is -2.42. The lowest BCUT2D eigenvalue weighted by atomic mass is 10.1. The molecular formula is C21H22Cl4N2O2. The third-order valence-corrected chi connectivity index (χ3v) is 6.31. The molecule has 1 fully saturated rings. The number of halogens is 4. The Morgan fingerprint density at radius 1 is 0.966 bits per heavy atom. The lowest BCUT2D eigenvalue weighted by molar-refractivity contribution is -0.120. The van der Waals surface area contributed by atoms with Crippen molar-refractivity contribution < 1.29 is 9.53 Å². The molecule has 8 heteroatoms. The summed E-state index contributed by atoms with van der Waals surface area (Å²) >= 11 is 23.9. The normalized spacial score (nSPS) is 15.3. The van der Waals surface area contributed by atoms with Crippen LogP contribution in [0.5, 0.6) is 5.75 Å². The first-order chi connectivity index (χ1) is 13.9. The number of rotatable bonds is 7. The summed E-state index contributed by atoms with van der Waals surface area (Å²) in [5, 5.41) is 4.93. The summed E-state index contributed by atoms with van der Waals surface area (Å²) in [7, 11) is 0. The highest BCUT2D eigenvalue weighted by molar-refractivity contribution is 6.42. The van der Waals surface area contributed by atoms with E-state index in [2.05, 4.69) is 10.2 Å². The van der Waals surface area contributed by atoms with Crippen molar-refractivity contribution in [1.29, 1.82) is 0 Å². The number of benzene rings is 2. The number of likely N-dealkylation sites (tertiary alicyclic amines) is 1. The maximum Gasteiger partial charge on any atom is 0.224 e. The summed E-state index contributed by atoms with van der Waals surface area (Å²) in [5.41, 5.74) is 0.845. The Hall–Kier alpha value is -1.17. The SMILES string of the molecule is O=C(Cc1ccc(Cl)c(Cl)c1)NCCN1CCC(Oc2ccc(Cl)c(Cl)c2)CC1. The fourth-order valence-corrected chi connectivity index (χ4v) is 3.85. The number of carbonyl (C=O) groups is 1. The van der Waals surface area contributed by atoms with Crippen molar-refractivity contribution in [3.05, 3.63) is 62.1 Å². The molecule has 1 aliphatic heterocycles. The zero-order valence-corrected chi connectivity index (χ0v) is 18.8. The minimum Gasteiger partial charge on any atom is -0.490 e. The van der Waals surface area contributed by atoms with E-state index in [9.17, 15) is 4.79 Å². The van der Waals surface area contributed by atoms with E-state index in [1.807, 2.05) is 12.1 Å². The van der Waals surface area contributed by atoms with Crippen molar-refractivity contribution in [2.45, 2.75) is 25.4 Å². The van der Waals surface area contributed by atoms with E-state index in [0.29, 0.717) is 26.6 Å². The second kappa shape index (κ2) is 10.7. The molecule has 1 aliphatic rings. The van der Waals surface area contributed by atoms with E-state index in [1.165, 1.54) is 0 Å². The molecule has 1 amide bonds. The predicted octanol–water partition coefficient (Wildman–Crippen LogP) is 5.50. The van der Waals surface area contributed by atoms with Crippen LogP contribution in [0.15, 0.2) is 36.4 Å².